The maximum absolute atomic E-state index is 13.1. The van der Waals surface area contributed by atoms with Crippen molar-refractivity contribution in [1.82, 2.24) is 9.88 Å². The molecule has 0 aliphatic carbocycles. The first kappa shape index (κ1) is 19.4. The predicted octanol–water partition coefficient (Wildman–Crippen LogP) is 4.64. The summed E-state index contributed by atoms with van der Waals surface area (Å²) in [6.07, 6.45) is 4.18. The molecule has 29 heavy (non-hydrogen) atoms. The van der Waals surface area contributed by atoms with Gasteiger partial charge in [-0.15, -0.1) is 0 Å². The Kier molecular flexibility index (Phi) is 5.47. The van der Waals surface area contributed by atoms with E-state index in [1.54, 1.807) is 19.2 Å². The first-order chi connectivity index (χ1) is 14.0. The van der Waals surface area contributed by atoms with Crippen LogP contribution in [0.5, 0.6) is 5.75 Å². The fourth-order valence-corrected chi connectivity index (χ4v) is 4.14. The SMILES string of the molecule is COc1ccc2cnc(C3CCCN(C(=O)Cc4ccc(F)cc4)C3)cc2c1C. The summed E-state index contributed by atoms with van der Waals surface area (Å²) in [5.41, 5.74) is 2.96. The second kappa shape index (κ2) is 8.19. The molecule has 1 unspecified atom stereocenters. The minimum absolute atomic E-state index is 0.0833. The first-order valence-electron chi connectivity index (χ1n) is 10.0. The minimum atomic E-state index is -0.284. The highest BCUT2D eigenvalue weighted by Gasteiger charge is 2.26. The van der Waals surface area contributed by atoms with Crippen molar-refractivity contribution in [3.8, 4) is 5.75 Å². The summed E-state index contributed by atoms with van der Waals surface area (Å²) in [5, 5.41) is 2.23. The van der Waals surface area contributed by atoms with Crippen LogP contribution in [0.2, 0.25) is 0 Å². The van der Waals surface area contributed by atoms with Crippen molar-refractivity contribution in [2.45, 2.75) is 32.1 Å². The van der Waals surface area contributed by atoms with Gasteiger partial charge in [0.05, 0.1) is 13.5 Å². The van der Waals surface area contributed by atoms with E-state index >= 15 is 0 Å². The van der Waals surface area contributed by atoms with Crippen molar-refractivity contribution >= 4 is 16.7 Å². The van der Waals surface area contributed by atoms with E-state index in [9.17, 15) is 9.18 Å². The Morgan fingerprint density at radius 1 is 1.24 bits per heavy atom. The van der Waals surface area contributed by atoms with Crippen LogP contribution in [0.4, 0.5) is 4.39 Å². The van der Waals surface area contributed by atoms with Crippen molar-refractivity contribution in [3.63, 3.8) is 0 Å². The highest BCUT2D eigenvalue weighted by molar-refractivity contribution is 5.87. The van der Waals surface area contributed by atoms with E-state index < -0.39 is 0 Å². The van der Waals surface area contributed by atoms with E-state index in [0.717, 1.165) is 52.7 Å². The number of carbonyl (C=O) groups excluding carboxylic acids is 1. The number of methoxy groups -OCH3 is 1. The van der Waals surface area contributed by atoms with Crippen LogP contribution in [0.1, 0.15) is 35.6 Å². The Balaban J connectivity index is 1.52. The highest BCUT2D eigenvalue weighted by atomic mass is 19.1. The number of likely N-dealkylation sites (tertiary alicyclic amines) is 1. The number of amides is 1. The zero-order chi connectivity index (χ0) is 20.4. The number of rotatable bonds is 4. The van der Waals surface area contributed by atoms with Crippen molar-refractivity contribution in [1.29, 1.82) is 0 Å². The average Bonchev–Trinajstić information content (AvgIpc) is 2.75. The third-order valence-electron chi connectivity index (χ3n) is 5.82. The van der Waals surface area contributed by atoms with Crippen molar-refractivity contribution in [2.24, 2.45) is 0 Å². The van der Waals surface area contributed by atoms with Crippen molar-refractivity contribution < 1.29 is 13.9 Å². The van der Waals surface area contributed by atoms with Crippen LogP contribution in [0.3, 0.4) is 0 Å². The number of pyridine rings is 1. The summed E-state index contributed by atoms with van der Waals surface area (Å²) in [7, 11) is 1.68. The smallest absolute Gasteiger partial charge is 0.227 e. The van der Waals surface area contributed by atoms with Gasteiger partial charge in [-0.05, 0) is 66.6 Å². The van der Waals surface area contributed by atoms with Gasteiger partial charge in [0, 0.05) is 36.3 Å². The van der Waals surface area contributed by atoms with Gasteiger partial charge in [0.15, 0.2) is 0 Å². The fourth-order valence-electron chi connectivity index (χ4n) is 4.14. The molecule has 0 N–H and O–H groups in total. The van der Waals surface area contributed by atoms with Gasteiger partial charge in [-0.25, -0.2) is 4.39 Å². The molecular formula is C24H25FN2O2. The second-order valence-corrected chi connectivity index (χ2v) is 7.71. The third-order valence-corrected chi connectivity index (χ3v) is 5.82. The molecule has 1 aromatic heterocycles. The highest BCUT2D eigenvalue weighted by Crippen LogP contribution is 2.31. The lowest BCUT2D eigenvalue weighted by Crippen LogP contribution is -2.40. The number of aryl methyl sites for hydroxylation is 1. The zero-order valence-corrected chi connectivity index (χ0v) is 16.8. The molecule has 4 nitrogen and oxygen atoms in total. The van der Waals surface area contributed by atoms with E-state index in [0.29, 0.717) is 13.0 Å². The molecule has 0 bridgehead atoms. The minimum Gasteiger partial charge on any atom is -0.496 e. The van der Waals surface area contributed by atoms with E-state index in [1.165, 1.54) is 12.1 Å². The molecule has 1 aliphatic rings. The van der Waals surface area contributed by atoms with Gasteiger partial charge >= 0.3 is 0 Å². The molecule has 0 radical (unpaired) electrons. The number of piperidine rings is 1. The number of aromatic nitrogens is 1. The summed E-state index contributed by atoms with van der Waals surface area (Å²) < 4.78 is 18.5. The van der Waals surface area contributed by atoms with Crippen LogP contribution in [0.15, 0.2) is 48.7 Å². The van der Waals surface area contributed by atoms with Gasteiger partial charge in [-0.2, -0.15) is 0 Å². The monoisotopic (exact) mass is 392 g/mol. The molecular weight excluding hydrogens is 367 g/mol. The number of hydrogen-bond acceptors (Lipinski definition) is 3. The van der Waals surface area contributed by atoms with Crippen LogP contribution < -0.4 is 4.74 Å². The summed E-state index contributed by atoms with van der Waals surface area (Å²) >= 11 is 0. The predicted molar refractivity (Wildman–Crippen MR) is 112 cm³/mol. The number of ether oxygens (including phenoxy) is 1. The number of benzene rings is 2. The molecule has 4 rings (SSSR count). The topological polar surface area (TPSA) is 42.4 Å². The molecule has 2 heterocycles. The van der Waals surface area contributed by atoms with Crippen molar-refractivity contribution in [3.05, 3.63) is 71.3 Å². The first-order valence-corrected chi connectivity index (χ1v) is 10.0. The van der Waals surface area contributed by atoms with Gasteiger partial charge in [-0.1, -0.05) is 12.1 Å². The third kappa shape index (κ3) is 4.09. The lowest BCUT2D eigenvalue weighted by molar-refractivity contribution is -0.131. The van der Waals surface area contributed by atoms with Gasteiger partial charge in [0.1, 0.15) is 11.6 Å². The van der Waals surface area contributed by atoms with Gasteiger partial charge in [0.2, 0.25) is 5.91 Å². The number of hydrogen-bond donors (Lipinski definition) is 0. The molecule has 1 saturated heterocycles. The molecule has 150 valence electrons. The second-order valence-electron chi connectivity index (χ2n) is 7.71. The summed E-state index contributed by atoms with van der Waals surface area (Å²) in [5.74, 6) is 0.888. The number of fused-ring (bicyclic) bond motifs is 1. The molecule has 0 saturated carbocycles. The molecule has 1 atom stereocenters. The van der Waals surface area contributed by atoms with Gasteiger partial charge in [0.25, 0.3) is 0 Å². The fraction of sp³-hybridized carbons (Fsp3) is 0.333. The number of carbonyl (C=O) groups is 1. The number of nitrogens with zero attached hydrogens (tertiary/aromatic N) is 2. The summed E-state index contributed by atoms with van der Waals surface area (Å²) in [4.78, 5) is 19.4. The standard InChI is InChI=1S/C24H25FN2O2/c1-16-21-13-22(26-14-18(21)7-10-23(16)29-2)19-4-3-11-27(15-19)24(28)12-17-5-8-20(25)9-6-17/h5-10,13-14,19H,3-4,11-12,15H2,1-2H3. The lowest BCUT2D eigenvalue weighted by Gasteiger charge is -2.32. The maximum atomic E-state index is 13.1. The van der Waals surface area contributed by atoms with E-state index in [1.807, 2.05) is 23.2 Å². The van der Waals surface area contributed by atoms with Crippen LogP contribution in [-0.2, 0) is 11.2 Å². The van der Waals surface area contributed by atoms with Crippen LogP contribution in [-0.4, -0.2) is 36.0 Å². The van der Waals surface area contributed by atoms with E-state index in [-0.39, 0.29) is 17.6 Å². The van der Waals surface area contributed by atoms with Crippen molar-refractivity contribution in [2.75, 3.05) is 20.2 Å². The Hall–Kier alpha value is -2.95. The Labute approximate surface area is 170 Å². The summed E-state index contributed by atoms with van der Waals surface area (Å²) in [6, 6.07) is 12.3. The molecule has 3 aromatic rings. The molecule has 1 aliphatic heterocycles. The largest absolute Gasteiger partial charge is 0.496 e. The quantitative estimate of drug-likeness (QED) is 0.650. The Morgan fingerprint density at radius 3 is 2.79 bits per heavy atom. The van der Waals surface area contributed by atoms with Crippen LogP contribution >= 0.6 is 0 Å². The van der Waals surface area contributed by atoms with Gasteiger partial charge < -0.3 is 9.64 Å². The maximum Gasteiger partial charge on any atom is 0.227 e. The molecule has 0 spiro atoms. The van der Waals surface area contributed by atoms with E-state index in [4.69, 9.17) is 9.72 Å². The molecule has 1 amide bonds. The Morgan fingerprint density at radius 2 is 2.03 bits per heavy atom. The average molecular weight is 392 g/mol. The summed E-state index contributed by atoms with van der Waals surface area (Å²) in [6.45, 7) is 3.49. The molecule has 2 aromatic carbocycles. The van der Waals surface area contributed by atoms with Gasteiger partial charge in [-0.3, -0.25) is 9.78 Å². The zero-order valence-electron chi connectivity index (χ0n) is 16.8. The van der Waals surface area contributed by atoms with Crippen LogP contribution in [0.25, 0.3) is 10.8 Å². The number of halogens is 1. The molecule has 1 fully saturated rings. The normalized spacial score (nSPS) is 16.8. The lowest BCUT2D eigenvalue weighted by atomic mass is 9.92. The Bertz CT molecular complexity index is 1030. The van der Waals surface area contributed by atoms with E-state index in [2.05, 4.69) is 13.0 Å². The van der Waals surface area contributed by atoms with Crippen LogP contribution in [0, 0.1) is 12.7 Å². The molecule has 5 heteroatoms.